The SMILES string of the molecule is Cc1cccc(C(=O)O)c1N1CCOCC1(C)C. The number of carbonyl (C=O) groups is 1. The van der Waals surface area contributed by atoms with E-state index in [-0.39, 0.29) is 5.54 Å². The van der Waals surface area contributed by atoms with Gasteiger partial charge in [0.2, 0.25) is 0 Å². The molecule has 0 spiro atoms. The number of benzene rings is 1. The van der Waals surface area contributed by atoms with Crippen LogP contribution in [0.5, 0.6) is 0 Å². The molecule has 98 valence electrons. The smallest absolute Gasteiger partial charge is 0.337 e. The first kappa shape index (κ1) is 12.9. The van der Waals surface area contributed by atoms with E-state index in [1.54, 1.807) is 12.1 Å². The van der Waals surface area contributed by atoms with Crippen LogP contribution in [0.15, 0.2) is 18.2 Å². The maximum absolute atomic E-state index is 11.4. The lowest BCUT2D eigenvalue weighted by Gasteiger charge is -2.45. The summed E-state index contributed by atoms with van der Waals surface area (Å²) in [7, 11) is 0. The zero-order valence-electron chi connectivity index (χ0n) is 11.1. The molecule has 0 aliphatic carbocycles. The fourth-order valence-electron chi connectivity index (χ4n) is 2.46. The molecular formula is C14H19NO3. The monoisotopic (exact) mass is 249 g/mol. The van der Waals surface area contributed by atoms with Crippen molar-refractivity contribution in [3.05, 3.63) is 29.3 Å². The van der Waals surface area contributed by atoms with Crippen molar-refractivity contribution in [2.75, 3.05) is 24.7 Å². The Balaban J connectivity index is 2.52. The van der Waals surface area contributed by atoms with Gasteiger partial charge in [-0.1, -0.05) is 12.1 Å². The molecule has 0 radical (unpaired) electrons. The maximum Gasteiger partial charge on any atom is 0.337 e. The topological polar surface area (TPSA) is 49.8 Å². The zero-order valence-corrected chi connectivity index (χ0v) is 11.1. The number of morpholine rings is 1. The fourth-order valence-corrected chi connectivity index (χ4v) is 2.46. The largest absolute Gasteiger partial charge is 0.478 e. The quantitative estimate of drug-likeness (QED) is 0.873. The Labute approximate surface area is 107 Å². The highest BCUT2D eigenvalue weighted by atomic mass is 16.5. The number of carboxylic acids is 1. The van der Waals surface area contributed by atoms with Crippen molar-refractivity contribution in [1.82, 2.24) is 0 Å². The van der Waals surface area contributed by atoms with Crippen molar-refractivity contribution in [2.24, 2.45) is 0 Å². The summed E-state index contributed by atoms with van der Waals surface area (Å²) in [4.78, 5) is 13.5. The number of rotatable bonds is 2. The summed E-state index contributed by atoms with van der Waals surface area (Å²) < 4.78 is 5.49. The molecule has 1 N–H and O–H groups in total. The van der Waals surface area contributed by atoms with Gasteiger partial charge in [-0.05, 0) is 32.4 Å². The summed E-state index contributed by atoms with van der Waals surface area (Å²) in [6.45, 7) is 8.07. The second-order valence-corrected chi connectivity index (χ2v) is 5.29. The van der Waals surface area contributed by atoms with Gasteiger partial charge in [0.25, 0.3) is 0 Å². The van der Waals surface area contributed by atoms with Crippen LogP contribution in [0.4, 0.5) is 5.69 Å². The van der Waals surface area contributed by atoms with E-state index in [1.165, 1.54) is 0 Å². The van der Waals surface area contributed by atoms with E-state index < -0.39 is 5.97 Å². The second-order valence-electron chi connectivity index (χ2n) is 5.29. The van der Waals surface area contributed by atoms with Gasteiger partial charge >= 0.3 is 5.97 Å². The number of hydrogen-bond acceptors (Lipinski definition) is 3. The standard InChI is InChI=1S/C14H19NO3/c1-10-5-4-6-11(13(16)17)12(10)15-7-8-18-9-14(15,2)3/h4-6H,7-9H2,1-3H3,(H,16,17). The molecule has 2 rings (SSSR count). The van der Waals surface area contributed by atoms with Crippen LogP contribution in [0.1, 0.15) is 29.8 Å². The molecule has 18 heavy (non-hydrogen) atoms. The summed E-state index contributed by atoms with van der Waals surface area (Å²) in [5.41, 5.74) is 1.99. The molecule has 1 heterocycles. The molecular weight excluding hydrogens is 230 g/mol. The molecule has 4 nitrogen and oxygen atoms in total. The van der Waals surface area contributed by atoms with Crippen LogP contribution in [0.25, 0.3) is 0 Å². The number of carboxylic acid groups (broad SMARTS) is 1. The molecule has 1 saturated heterocycles. The summed E-state index contributed by atoms with van der Waals surface area (Å²) in [6.07, 6.45) is 0. The van der Waals surface area contributed by atoms with Crippen LogP contribution in [0, 0.1) is 6.92 Å². The van der Waals surface area contributed by atoms with Gasteiger partial charge in [-0.2, -0.15) is 0 Å². The van der Waals surface area contributed by atoms with Gasteiger partial charge in [-0.3, -0.25) is 0 Å². The van der Waals surface area contributed by atoms with Crippen LogP contribution >= 0.6 is 0 Å². The Morgan fingerprint density at radius 2 is 2.17 bits per heavy atom. The third kappa shape index (κ3) is 2.20. The lowest BCUT2D eigenvalue weighted by Crippen LogP contribution is -2.53. The van der Waals surface area contributed by atoms with Gasteiger partial charge in [0, 0.05) is 6.54 Å². The Hall–Kier alpha value is -1.55. The fraction of sp³-hybridized carbons (Fsp3) is 0.500. The first-order valence-electron chi connectivity index (χ1n) is 6.12. The van der Waals surface area contributed by atoms with Crippen LogP contribution in [0.2, 0.25) is 0 Å². The van der Waals surface area contributed by atoms with Gasteiger partial charge in [0.1, 0.15) is 0 Å². The Bertz CT molecular complexity index is 468. The van der Waals surface area contributed by atoms with Crippen LogP contribution in [-0.2, 0) is 4.74 Å². The van der Waals surface area contributed by atoms with Crippen molar-refractivity contribution in [3.8, 4) is 0 Å². The van der Waals surface area contributed by atoms with Gasteiger partial charge < -0.3 is 14.7 Å². The number of nitrogens with zero attached hydrogens (tertiary/aromatic N) is 1. The van der Waals surface area contributed by atoms with E-state index >= 15 is 0 Å². The predicted octanol–water partition coefficient (Wildman–Crippen LogP) is 2.31. The van der Waals surface area contributed by atoms with Crippen molar-refractivity contribution in [2.45, 2.75) is 26.3 Å². The van der Waals surface area contributed by atoms with E-state index in [4.69, 9.17) is 4.74 Å². The average molecular weight is 249 g/mol. The van der Waals surface area contributed by atoms with Gasteiger partial charge in [0.05, 0.1) is 30.0 Å². The molecule has 0 bridgehead atoms. The van der Waals surface area contributed by atoms with Gasteiger partial charge in [-0.15, -0.1) is 0 Å². The van der Waals surface area contributed by atoms with Crippen LogP contribution < -0.4 is 4.90 Å². The van der Waals surface area contributed by atoms with E-state index in [1.807, 2.05) is 13.0 Å². The van der Waals surface area contributed by atoms with Crippen molar-refractivity contribution >= 4 is 11.7 Å². The summed E-state index contributed by atoms with van der Waals surface area (Å²) in [5.74, 6) is -0.879. The highest BCUT2D eigenvalue weighted by Gasteiger charge is 2.33. The number of aryl methyl sites for hydroxylation is 1. The third-order valence-electron chi connectivity index (χ3n) is 3.38. The van der Waals surface area contributed by atoms with E-state index in [9.17, 15) is 9.90 Å². The van der Waals surface area contributed by atoms with E-state index in [2.05, 4.69) is 18.7 Å². The lowest BCUT2D eigenvalue weighted by atomic mass is 9.97. The Morgan fingerprint density at radius 3 is 2.78 bits per heavy atom. The molecule has 1 aliphatic heterocycles. The first-order chi connectivity index (χ1) is 8.43. The molecule has 0 unspecified atom stereocenters. The Morgan fingerprint density at radius 1 is 1.44 bits per heavy atom. The average Bonchev–Trinajstić information content (AvgIpc) is 2.29. The summed E-state index contributed by atoms with van der Waals surface area (Å²) >= 11 is 0. The number of aromatic carboxylic acids is 1. The van der Waals surface area contributed by atoms with Crippen molar-refractivity contribution in [1.29, 1.82) is 0 Å². The summed E-state index contributed by atoms with van der Waals surface area (Å²) in [5, 5.41) is 9.33. The normalized spacial score (nSPS) is 18.7. The minimum atomic E-state index is -0.879. The van der Waals surface area contributed by atoms with Gasteiger partial charge in [-0.25, -0.2) is 4.79 Å². The molecule has 0 atom stereocenters. The second kappa shape index (κ2) is 4.61. The van der Waals surface area contributed by atoms with Crippen molar-refractivity contribution in [3.63, 3.8) is 0 Å². The van der Waals surface area contributed by atoms with Gasteiger partial charge in [0.15, 0.2) is 0 Å². The number of ether oxygens (including phenoxy) is 1. The minimum Gasteiger partial charge on any atom is -0.478 e. The Kier molecular flexibility index (Phi) is 3.30. The van der Waals surface area contributed by atoms with E-state index in [0.29, 0.717) is 18.8 Å². The lowest BCUT2D eigenvalue weighted by molar-refractivity contribution is 0.0629. The molecule has 0 amide bonds. The highest BCUT2D eigenvalue weighted by Crippen LogP contribution is 2.32. The number of para-hydroxylation sites is 1. The molecule has 1 aromatic carbocycles. The van der Waals surface area contributed by atoms with Crippen LogP contribution in [0.3, 0.4) is 0 Å². The molecule has 0 aromatic heterocycles. The minimum absolute atomic E-state index is 0.186. The molecule has 1 aliphatic rings. The van der Waals surface area contributed by atoms with E-state index in [0.717, 1.165) is 17.8 Å². The molecule has 1 aromatic rings. The number of hydrogen-bond donors (Lipinski definition) is 1. The molecule has 1 fully saturated rings. The predicted molar refractivity (Wildman–Crippen MR) is 70.4 cm³/mol. The zero-order chi connectivity index (χ0) is 13.3. The maximum atomic E-state index is 11.4. The molecule has 0 saturated carbocycles. The van der Waals surface area contributed by atoms with Crippen LogP contribution in [-0.4, -0.2) is 36.4 Å². The first-order valence-corrected chi connectivity index (χ1v) is 6.12. The van der Waals surface area contributed by atoms with Crippen molar-refractivity contribution < 1.29 is 14.6 Å². The molecule has 4 heteroatoms. The summed E-state index contributed by atoms with van der Waals surface area (Å²) in [6, 6.07) is 5.40. The number of anilines is 1. The third-order valence-corrected chi connectivity index (χ3v) is 3.38. The highest BCUT2D eigenvalue weighted by molar-refractivity contribution is 5.95.